The number of aromatic nitrogens is 3. The normalized spacial score (nSPS) is 17.9. The van der Waals surface area contributed by atoms with Crippen LogP contribution in [0.5, 0.6) is 5.75 Å². The van der Waals surface area contributed by atoms with E-state index in [9.17, 15) is 19.1 Å². The van der Waals surface area contributed by atoms with Crippen LogP contribution >= 0.6 is 0 Å². The highest BCUT2D eigenvalue weighted by Crippen LogP contribution is 2.35. The van der Waals surface area contributed by atoms with Crippen LogP contribution < -0.4 is 4.74 Å². The SMILES string of the molecule is Cc1c2ccc3c1nnn3CCCOCCOc1ccc(c(F)c1)C(=O)N1CCc3ccc(cc3C1)C2CC(=O)O. The molecule has 10 heteroatoms. The molecule has 0 fully saturated rings. The Balaban J connectivity index is 1.40. The molecule has 1 unspecified atom stereocenters. The Morgan fingerprint density at radius 2 is 1.95 bits per heavy atom. The van der Waals surface area contributed by atoms with Crippen molar-refractivity contribution in [2.45, 2.75) is 45.2 Å². The first kappa shape index (κ1) is 26.9. The molecule has 1 amide bonds. The fourth-order valence-corrected chi connectivity index (χ4v) is 5.84. The van der Waals surface area contributed by atoms with Gasteiger partial charge in [0.15, 0.2) is 0 Å². The molecular weight excluding hydrogens is 527 g/mol. The summed E-state index contributed by atoms with van der Waals surface area (Å²) in [6.07, 6.45) is 1.23. The van der Waals surface area contributed by atoms with E-state index in [-0.39, 0.29) is 18.6 Å². The summed E-state index contributed by atoms with van der Waals surface area (Å²) in [7, 11) is 0. The Morgan fingerprint density at radius 1 is 1.07 bits per heavy atom. The smallest absolute Gasteiger partial charge is 0.304 e. The third kappa shape index (κ3) is 5.39. The highest BCUT2D eigenvalue weighted by molar-refractivity contribution is 5.94. The van der Waals surface area contributed by atoms with Gasteiger partial charge in [0.05, 0.1) is 24.1 Å². The lowest BCUT2D eigenvalue weighted by atomic mass is 9.83. The van der Waals surface area contributed by atoms with Crippen LogP contribution in [0.2, 0.25) is 0 Å². The predicted octanol–water partition coefficient (Wildman–Crippen LogP) is 4.48. The van der Waals surface area contributed by atoms with Crippen molar-refractivity contribution < 1.29 is 28.6 Å². The van der Waals surface area contributed by atoms with Crippen LogP contribution in [0, 0.1) is 12.7 Å². The Labute approximate surface area is 236 Å². The van der Waals surface area contributed by atoms with Crippen LogP contribution in [0.25, 0.3) is 11.0 Å². The van der Waals surface area contributed by atoms with Crippen LogP contribution in [-0.2, 0) is 29.0 Å². The van der Waals surface area contributed by atoms with Gasteiger partial charge in [-0.25, -0.2) is 9.07 Å². The molecule has 0 radical (unpaired) electrons. The second kappa shape index (κ2) is 11.3. The summed E-state index contributed by atoms with van der Waals surface area (Å²) < 4.78 is 28.1. The number of ether oxygens (including phenoxy) is 2. The number of carboxylic acids is 1. The number of rotatable bonds is 2. The van der Waals surface area contributed by atoms with Gasteiger partial charge in [0.2, 0.25) is 0 Å². The first-order chi connectivity index (χ1) is 19.9. The number of nitrogens with zero attached hydrogens (tertiary/aromatic N) is 4. The molecule has 0 aliphatic carbocycles. The van der Waals surface area contributed by atoms with E-state index in [0.717, 1.165) is 38.9 Å². The van der Waals surface area contributed by atoms with Crippen molar-refractivity contribution in [3.8, 4) is 5.75 Å². The molecule has 0 saturated carbocycles. The molecule has 0 spiro atoms. The third-order valence-electron chi connectivity index (χ3n) is 7.99. The number of carbonyl (C=O) groups is 2. The van der Waals surface area contributed by atoms with Gasteiger partial charge in [0.1, 0.15) is 23.7 Å². The molecule has 1 N–H and O–H groups in total. The van der Waals surface area contributed by atoms with E-state index in [1.54, 1.807) is 11.0 Å². The van der Waals surface area contributed by atoms with Crippen molar-refractivity contribution in [1.82, 2.24) is 19.9 Å². The standard InChI is InChI=1S/C31H31FN4O5/c1-19-24-7-8-28-30(19)33-34-36(28)10-2-12-40-13-14-41-23-5-6-25(27(32)16-23)31(39)35-11-9-20-3-4-21(15-22(20)18-35)26(24)17-29(37)38/h3-8,15-16,26H,2,9-14,17-18H2,1H3,(H,37,38). The van der Waals surface area contributed by atoms with Gasteiger partial charge in [-0.3, -0.25) is 9.59 Å². The Kier molecular flexibility index (Phi) is 7.40. The van der Waals surface area contributed by atoms with E-state index in [2.05, 4.69) is 10.3 Å². The number of halogens is 1. The highest BCUT2D eigenvalue weighted by atomic mass is 19.1. The zero-order chi connectivity index (χ0) is 28.5. The predicted molar refractivity (Wildman–Crippen MR) is 149 cm³/mol. The van der Waals surface area contributed by atoms with Crippen molar-refractivity contribution in [3.63, 3.8) is 0 Å². The topological polar surface area (TPSA) is 107 Å². The summed E-state index contributed by atoms with van der Waals surface area (Å²) in [5.41, 5.74) is 6.25. The molecular formula is C31H31FN4O5. The number of aliphatic carboxylic acids is 1. The molecule has 6 heterocycles. The van der Waals surface area contributed by atoms with Crippen molar-refractivity contribution >= 4 is 22.9 Å². The average molecular weight is 559 g/mol. The zero-order valence-electron chi connectivity index (χ0n) is 22.8. The minimum absolute atomic E-state index is 0.00762. The number of aryl methyl sites for hydroxylation is 2. The molecule has 1 atom stereocenters. The van der Waals surface area contributed by atoms with Crippen LogP contribution in [0.1, 0.15) is 56.9 Å². The maximum atomic E-state index is 15.0. The molecule has 3 aromatic carbocycles. The Hall–Kier alpha value is -4.31. The summed E-state index contributed by atoms with van der Waals surface area (Å²) in [4.78, 5) is 27.0. The fourth-order valence-electron chi connectivity index (χ4n) is 5.84. The van der Waals surface area contributed by atoms with E-state index < -0.39 is 23.6 Å². The van der Waals surface area contributed by atoms with E-state index in [1.807, 2.05) is 41.9 Å². The lowest BCUT2D eigenvalue weighted by molar-refractivity contribution is -0.137. The van der Waals surface area contributed by atoms with Crippen LogP contribution in [0.15, 0.2) is 48.5 Å². The number of amides is 1. The molecule has 5 aliphatic rings. The van der Waals surface area contributed by atoms with Crippen molar-refractivity contribution in [2.24, 2.45) is 0 Å². The minimum Gasteiger partial charge on any atom is -0.491 e. The largest absolute Gasteiger partial charge is 0.491 e. The average Bonchev–Trinajstić information content (AvgIpc) is 3.38. The van der Waals surface area contributed by atoms with Crippen molar-refractivity contribution in [2.75, 3.05) is 26.4 Å². The van der Waals surface area contributed by atoms with Crippen molar-refractivity contribution in [3.05, 3.63) is 87.7 Å². The molecule has 41 heavy (non-hydrogen) atoms. The monoisotopic (exact) mass is 558 g/mol. The lowest BCUT2D eigenvalue weighted by Crippen LogP contribution is -2.36. The summed E-state index contributed by atoms with van der Waals surface area (Å²) in [6.45, 7) is 4.41. The first-order valence-corrected chi connectivity index (χ1v) is 13.8. The number of carboxylic acid groups (broad SMARTS) is 1. The van der Waals surface area contributed by atoms with Gasteiger partial charge in [-0.05, 0) is 65.8 Å². The van der Waals surface area contributed by atoms with E-state index in [4.69, 9.17) is 9.47 Å². The van der Waals surface area contributed by atoms with Gasteiger partial charge in [0, 0.05) is 38.2 Å². The molecule has 5 aliphatic heterocycles. The molecule has 9 rings (SSSR count). The van der Waals surface area contributed by atoms with Crippen LogP contribution in [0.3, 0.4) is 0 Å². The van der Waals surface area contributed by atoms with Crippen molar-refractivity contribution in [1.29, 1.82) is 0 Å². The molecule has 212 valence electrons. The summed E-state index contributed by atoms with van der Waals surface area (Å²) >= 11 is 0. The van der Waals surface area contributed by atoms with Gasteiger partial charge >= 0.3 is 5.97 Å². The quantitative estimate of drug-likeness (QED) is 0.387. The summed E-state index contributed by atoms with van der Waals surface area (Å²) in [6, 6.07) is 14.2. The van der Waals surface area contributed by atoms with Gasteiger partial charge in [-0.2, -0.15) is 0 Å². The zero-order valence-corrected chi connectivity index (χ0v) is 22.8. The maximum Gasteiger partial charge on any atom is 0.304 e. The molecule has 9 nitrogen and oxygen atoms in total. The van der Waals surface area contributed by atoms with Gasteiger partial charge < -0.3 is 19.5 Å². The third-order valence-corrected chi connectivity index (χ3v) is 7.99. The van der Waals surface area contributed by atoms with E-state index in [0.29, 0.717) is 51.4 Å². The van der Waals surface area contributed by atoms with Crippen LogP contribution in [-0.4, -0.2) is 63.2 Å². The van der Waals surface area contributed by atoms with Gasteiger partial charge in [-0.15, -0.1) is 5.10 Å². The number of carbonyl (C=O) groups excluding carboxylic acids is 1. The lowest BCUT2D eigenvalue weighted by Gasteiger charge is -2.30. The second-order valence-electron chi connectivity index (χ2n) is 10.6. The van der Waals surface area contributed by atoms with Gasteiger partial charge in [0.25, 0.3) is 5.91 Å². The number of benzene rings is 3. The maximum absolute atomic E-state index is 15.0. The van der Waals surface area contributed by atoms with E-state index in [1.165, 1.54) is 12.1 Å². The Morgan fingerprint density at radius 3 is 2.78 bits per heavy atom. The Bertz CT molecular complexity index is 1630. The molecule has 9 bridgehead atoms. The summed E-state index contributed by atoms with van der Waals surface area (Å²) in [5, 5.41) is 18.6. The number of hydrogen-bond acceptors (Lipinski definition) is 6. The molecule has 1 aromatic heterocycles. The van der Waals surface area contributed by atoms with Crippen LogP contribution in [0.4, 0.5) is 4.39 Å². The van der Waals surface area contributed by atoms with E-state index >= 15 is 0 Å². The summed E-state index contributed by atoms with van der Waals surface area (Å²) in [5.74, 6) is -2.02. The minimum atomic E-state index is -0.909. The second-order valence-corrected chi connectivity index (χ2v) is 10.6. The molecule has 0 saturated heterocycles. The number of hydrogen-bond donors (Lipinski definition) is 1. The first-order valence-electron chi connectivity index (χ1n) is 13.8. The molecule has 4 aromatic rings. The fraction of sp³-hybridized carbons (Fsp3) is 0.355. The van der Waals surface area contributed by atoms with Gasteiger partial charge in [-0.1, -0.05) is 29.5 Å². The highest BCUT2D eigenvalue weighted by Gasteiger charge is 2.27.